The zero-order chi connectivity index (χ0) is 24.3. The van der Waals surface area contributed by atoms with Gasteiger partial charge in [0.25, 0.3) is 5.91 Å². The van der Waals surface area contributed by atoms with Crippen LogP contribution in [0.15, 0.2) is 24.3 Å². The van der Waals surface area contributed by atoms with Gasteiger partial charge in [0.05, 0.1) is 13.2 Å². The minimum atomic E-state index is -0.641. The Labute approximate surface area is 196 Å². The summed E-state index contributed by atoms with van der Waals surface area (Å²) in [6.07, 6.45) is 5.07. The molecule has 6 nitrogen and oxygen atoms in total. The lowest BCUT2D eigenvalue weighted by molar-refractivity contribution is 0.0486. The number of benzene rings is 1. The molecule has 1 amide bonds. The molecule has 1 unspecified atom stereocenters. The van der Waals surface area contributed by atoms with Crippen LogP contribution in [0, 0.1) is 20.8 Å². The maximum atomic E-state index is 13.9. The van der Waals surface area contributed by atoms with Crippen molar-refractivity contribution in [3.63, 3.8) is 0 Å². The Kier molecular flexibility index (Phi) is 7.77. The van der Waals surface area contributed by atoms with Gasteiger partial charge < -0.3 is 14.2 Å². The highest BCUT2D eigenvalue weighted by atomic mass is 16.5. The second kappa shape index (κ2) is 10.4. The van der Waals surface area contributed by atoms with Crippen LogP contribution < -0.4 is 0 Å². The van der Waals surface area contributed by atoms with Crippen LogP contribution >= 0.6 is 0 Å². The van der Waals surface area contributed by atoms with Gasteiger partial charge in [0.1, 0.15) is 5.69 Å². The van der Waals surface area contributed by atoms with Crippen molar-refractivity contribution in [1.82, 2.24) is 9.47 Å². The lowest BCUT2D eigenvalue weighted by Crippen LogP contribution is -2.50. The molecule has 1 aliphatic rings. The second-order valence-electron chi connectivity index (χ2n) is 9.08. The van der Waals surface area contributed by atoms with Gasteiger partial charge in [-0.2, -0.15) is 0 Å². The fourth-order valence-electron chi connectivity index (χ4n) is 5.21. The van der Waals surface area contributed by atoms with Crippen molar-refractivity contribution in [3.8, 4) is 0 Å². The summed E-state index contributed by atoms with van der Waals surface area (Å²) in [6, 6.07) is 6.92. The van der Waals surface area contributed by atoms with E-state index in [1.165, 1.54) is 7.11 Å². The van der Waals surface area contributed by atoms with Crippen molar-refractivity contribution in [2.45, 2.75) is 85.4 Å². The van der Waals surface area contributed by atoms with E-state index in [2.05, 4.69) is 0 Å². The molecule has 6 heteroatoms. The van der Waals surface area contributed by atoms with Crippen LogP contribution in [0.25, 0.3) is 0 Å². The molecule has 0 radical (unpaired) electrons. The number of aryl methyl sites for hydroxylation is 1. The molecule has 33 heavy (non-hydrogen) atoms. The van der Waals surface area contributed by atoms with Gasteiger partial charge in [-0.1, -0.05) is 37.0 Å². The summed E-state index contributed by atoms with van der Waals surface area (Å²) in [7, 11) is 1.35. The molecule has 1 aromatic heterocycles. The highest BCUT2D eigenvalue weighted by Gasteiger charge is 2.36. The molecule has 1 aromatic carbocycles. The van der Waals surface area contributed by atoms with Crippen molar-refractivity contribution in [3.05, 3.63) is 57.9 Å². The van der Waals surface area contributed by atoms with Gasteiger partial charge >= 0.3 is 5.97 Å². The molecule has 2 aromatic rings. The van der Waals surface area contributed by atoms with Gasteiger partial charge in [0.2, 0.25) is 0 Å². The van der Waals surface area contributed by atoms with Crippen LogP contribution in [0.3, 0.4) is 0 Å². The van der Waals surface area contributed by atoms with Gasteiger partial charge in [-0.3, -0.25) is 9.59 Å². The fraction of sp³-hybridized carbons (Fsp3) is 0.519. The maximum absolute atomic E-state index is 13.9. The van der Waals surface area contributed by atoms with E-state index >= 15 is 0 Å². The number of nitrogens with zero attached hydrogens (tertiary/aromatic N) is 2. The van der Waals surface area contributed by atoms with Crippen molar-refractivity contribution in [1.29, 1.82) is 0 Å². The van der Waals surface area contributed by atoms with Crippen molar-refractivity contribution in [2.24, 2.45) is 0 Å². The number of methoxy groups -OCH3 is 1. The third-order valence-corrected chi connectivity index (χ3v) is 7.01. The number of hydrogen-bond acceptors (Lipinski definition) is 4. The predicted octanol–water partition coefficient (Wildman–Crippen LogP) is 5.27. The topological polar surface area (TPSA) is 68.6 Å². The molecule has 0 spiro atoms. The van der Waals surface area contributed by atoms with E-state index in [1.807, 2.05) is 56.5 Å². The predicted molar refractivity (Wildman–Crippen MR) is 129 cm³/mol. The van der Waals surface area contributed by atoms with Crippen LogP contribution in [-0.2, 0) is 11.3 Å². The van der Waals surface area contributed by atoms with Crippen molar-refractivity contribution < 1.29 is 19.1 Å². The average Bonchev–Trinajstić information content (AvgIpc) is 3.08. The number of Topliss-reactive ketones (excluding diaryl/α,β-unsaturated/α-hetero) is 1. The zero-order valence-electron chi connectivity index (χ0n) is 20.7. The lowest BCUT2D eigenvalue weighted by Gasteiger charge is -2.38. The fourth-order valence-corrected chi connectivity index (χ4v) is 5.21. The standard InChI is InChI=1S/C27H36N2O4/c1-7-28-19(4)23(18(3)24(28)27(32)33-6)25(30)20(5)29(22-11-9-8-10-12-22)26(31)21-15-13-17(2)14-16-21/h13-16,20,22H,7-12H2,1-6H3. The van der Waals surface area contributed by atoms with Crippen LogP contribution in [0.2, 0.25) is 0 Å². The summed E-state index contributed by atoms with van der Waals surface area (Å²) < 4.78 is 6.81. The molecule has 0 aliphatic heterocycles. The third kappa shape index (κ3) is 4.75. The Hall–Kier alpha value is -2.89. The van der Waals surface area contributed by atoms with Gasteiger partial charge in [-0.05, 0) is 65.2 Å². The first-order chi connectivity index (χ1) is 15.7. The number of ether oxygens (including phenoxy) is 1. The first-order valence-electron chi connectivity index (χ1n) is 11.9. The number of amides is 1. The number of carbonyl (C=O) groups is 3. The molecule has 0 N–H and O–H groups in total. The number of ketones is 1. The van der Waals surface area contributed by atoms with E-state index in [0.29, 0.717) is 28.9 Å². The van der Waals surface area contributed by atoms with Crippen molar-refractivity contribution in [2.75, 3.05) is 7.11 Å². The Balaban J connectivity index is 2.04. The molecular formula is C27H36N2O4. The Bertz CT molecular complexity index is 1030. The lowest BCUT2D eigenvalue weighted by atomic mass is 9.90. The number of aromatic nitrogens is 1. The van der Waals surface area contributed by atoms with E-state index in [0.717, 1.165) is 43.4 Å². The Morgan fingerprint density at radius 3 is 2.21 bits per heavy atom. The molecule has 0 saturated heterocycles. The number of carbonyl (C=O) groups excluding carboxylic acids is 3. The molecule has 1 atom stereocenters. The molecular weight excluding hydrogens is 416 g/mol. The molecule has 0 bridgehead atoms. The molecule has 3 rings (SSSR count). The SMILES string of the molecule is CCn1c(C)c(C(=O)C(C)N(C(=O)c2ccc(C)cc2)C2CCCCC2)c(C)c1C(=O)OC. The van der Waals surface area contributed by atoms with Crippen LogP contribution in [0.5, 0.6) is 0 Å². The summed E-state index contributed by atoms with van der Waals surface area (Å²) in [5.41, 5.74) is 3.95. The van der Waals surface area contributed by atoms with Gasteiger partial charge in [0.15, 0.2) is 5.78 Å². The molecule has 1 fully saturated rings. The minimum absolute atomic E-state index is 0.0282. The van der Waals surface area contributed by atoms with Gasteiger partial charge in [0, 0.05) is 29.4 Å². The molecule has 1 heterocycles. The van der Waals surface area contributed by atoms with Crippen molar-refractivity contribution >= 4 is 17.7 Å². The van der Waals surface area contributed by atoms with E-state index in [-0.39, 0.29) is 17.7 Å². The van der Waals surface area contributed by atoms with E-state index in [4.69, 9.17) is 4.74 Å². The minimum Gasteiger partial charge on any atom is -0.464 e. The molecule has 1 aliphatic carbocycles. The number of hydrogen-bond donors (Lipinski definition) is 0. The second-order valence-corrected chi connectivity index (χ2v) is 9.08. The Morgan fingerprint density at radius 2 is 1.67 bits per heavy atom. The summed E-state index contributed by atoms with van der Waals surface area (Å²) in [6.45, 7) is 9.94. The van der Waals surface area contributed by atoms with Crippen LogP contribution in [0.1, 0.15) is 94.0 Å². The van der Waals surface area contributed by atoms with E-state index in [1.54, 1.807) is 11.8 Å². The largest absolute Gasteiger partial charge is 0.464 e. The number of rotatable bonds is 7. The summed E-state index contributed by atoms with van der Waals surface area (Å²) in [5, 5.41) is 0. The summed E-state index contributed by atoms with van der Waals surface area (Å²) in [4.78, 5) is 41.8. The smallest absolute Gasteiger partial charge is 0.354 e. The van der Waals surface area contributed by atoms with E-state index in [9.17, 15) is 14.4 Å². The highest BCUT2D eigenvalue weighted by Crippen LogP contribution is 2.30. The first kappa shape index (κ1) is 24.7. The Morgan fingerprint density at radius 1 is 1.06 bits per heavy atom. The van der Waals surface area contributed by atoms with E-state index < -0.39 is 12.0 Å². The first-order valence-corrected chi connectivity index (χ1v) is 11.9. The monoisotopic (exact) mass is 452 g/mol. The molecule has 178 valence electrons. The normalized spacial score (nSPS) is 15.2. The third-order valence-electron chi connectivity index (χ3n) is 7.01. The zero-order valence-corrected chi connectivity index (χ0v) is 20.7. The molecule has 1 saturated carbocycles. The van der Waals surface area contributed by atoms with Gasteiger partial charge in [-0.25, -0.2) is 4.79 Å². The van der Waals surface area contributed by atoms with Crippen LogP contribution in [-0.4, -0.2) is 46.3 Å². The van der Waals surface area contributed by atoms with Gasteiger partial charge in [-0.15, -0.1) is 0 Å². The quantitative estimate of drug-likeness (QED) is 0.424. The highest BCUT2D eigenvalue weighted by molar-refractivity contribution is 6.07. The average molecular weight is 453 g/mol. The summed E-state index contributed by atoms with van der Waals surface area (Å²) >= 11 is 0. The number of esters is 1. The maximum Gasteiger partial charge on any atom is 0.354 e. The van der Waals surface area contributed by atoms with Crippen LogP contribution in [0.4, 0.5) is 0 Å². The summed E-state index contributed by atoms with van der Waals surface area (Å²) in [5.74, 6) is -0.696.